The van der Waals surface area contributed by atoms with Gasteiger partial charge in [0.05, 0.1) is 12.8 Å². The molecule has 0 radical (unpaired) electrons. The standard InChI is InChI=1S/C15H17NO/c1-17-16(15-10-6-3-7-11-15)13-12-14-8-4-2-5-9-14/h2-11H,12-13H2,1H3. The van der Waals surface area contributed by atoms with Crippen molar-refractivity contribution in [3.05, 3.63) is 66.2 Å². The molecule has 0 N–H and O–H groups in total. The Morgan fingerprint density at radius 2 is 1.47 bits per heavy atom. The molecule has 0 aromatic heterocycles. The summed E-state index contributed by atoms with van der Waals surface area (Å²) in [6, 6.07) is 20.6. The summed E-state index contributed by atoms with van der Waals surface area (Å²) in [4.78, 5) is 5.39. The van der Waals surface area contributed by atoms with Gasteiger partial charge in [-0.15, -0.1) is 0 Å². The minimum atomic E-state index is 0.852. The lowest BCUT2D eigenvalue weighted by molar-refractivity contribution is 0.167. The van der Waals surface area contributed by atoms with E-state index in [1.165, 1.54) is 5.56 Å². The molecule has 0 unspecified atom stereocenters. The van der Waals surface area contributed by atoms with Crippen molar-refractivity contribution < 1.29 is 4.84 Å². The summed E-state index contributed by atoms with van der Waals surface area (Å²) < 4.78 is 0. The molecule has 0 aliphatic carbocycles. The van der Waals surface area contributed by atoms with Crippen LogP contribution in [-0.2, 0) is 11.3 Å². The Bertz CT molecular complexity index is 427. The second-order valence-electron chi connectivity index (χ2n) is 3.86. The first-order valence-electron chi connectivity index (χ1n) is 5.81. The molecule has 2 aromatic carbocycles. The van der Waals surface area contributed by atoms with E-state index in [4.69, 9.17) is 4.84 Å². The molecule has 2 nitrogen and oxygen atoms in total. The normalized spacial score (nSPS) is 10.2. The van der Waals surface area contributed by atoms with Gasteiger partial charge in [0.15, 0.2) is 0 Å². The molecular formula is C15H17NO. The SMILES string of the molecule is CON(CCc1ccccc1)c1ccccc1. The van der Waals surface area contributed by atoms with Gasteiger partial charge >= 0.3 is 0 Å². The number of rotatable bonds is 5. The molecule has 0 aliphatic rings. The molecule has 0 saturated carbocycles. The van der Waals surface area contributed by atoms with E-state index < -0.39 is 0 Å². The summed E-state index contributed by atoms with van der Waals surface area (Å²) in [5.41, 5.74) is 2.41. The van der Waals surface area contributed by atoms with Gasteiger partial charge in [0.25, 0.3) is 0 Å². The van der Waals surface area contributed by atoms with Crippen LogP contribution in [0.3, 0.4) is 0 Å². The van der Waals surface area contributed by atoms with E-state index >= 15 is 0 Å². The zero-order valence-electron chi connectivity index (χ0n) is 10.0. The molecule has 0 fully saturated rings. The van der Waals surface area contributed by atoms with E-state index in [9.17, 15) is 0 Å². The van der Waals surface area contributed by atoms with Gasteiger partial charge in [-0.1, -0.05) is 48.5 Å². The quantitative estimate of drug-likeness (QED) is 0.727. The number of benzene rings is 2. The van der Waals surface area contributed by atoms with E-state index in [-0.39, 0.29) is 0 Å². The third-order valence-electron chi connectivity index (χ3n) is 2.71. The van der Waals surface area contributed by atoms with Gasteiger partial charge in [-0.05, 0) is 24.1 Å². The van der Waals surface area contributed by atoms with Crippen LogP contribution in [0, 0.1) is 0 Å². The highest BCUT2D eigenvalue weighted by molar-refractivity contribution is 5.43. The first kappa shape index (κ1) is 11.7. The van der Waals surface area contributed by atoms with Crippen LogP contribution in [0.2, 0.25) is 0 Å². The van der Waals surface area contributed by atoms with Crippen molar-refractivity contribution >= 4 is 5.69 Å². The highest BCUT2D eigenvalue weighted by atomic mass is 16.7. The van der Waals surface area contributed by atoms with Crippen LogP contribution in [0.1, 0.15) is 5.56 Å². The minimum Gasteiger partial charge on any atom is -0.277 e. The minimum absolute atomic E-state index is 0.852. The molecule has 0 heterocycles. The predicted octanol–water partition coefficient (Wildman–Crippen LogP) is 3.30. The molecule has 2 aromatic rings. The van der Waals surface area contributed by atoms with Crippen LogP contribution in [0.15, 0.2) is 60.7 Å². The highest BCUT2D eigenvalue weighted by Gasteiger charge is 2.04. The van der Waals surface area contributed by atoms with E-state index in [0.717, 1.165) is 18.7 Å². The van der Waals surface area contributed by atoms with Crippen LogP contribution >= 0.6 is 0 Å². The van der Waals surface area contributed by atoms with Crippen LogP contribution in [0.25, 0.3) is 0 Å². The van der Waals surface area contributed by atoms with Crippen molar-refractivity contribution in [3.63, 3.8) is 0 Å². The fraction of sp³-hybridized carbons (Fsp3) is 0.200. The molecule has 2 rings (SSSR count). The lowest BCUT2D eigenvalue weighted by Gasteiger charge is -2.21. The fourth-order valence-electron chi connectivity index (χ4n) is 1.80. The van der Waals surface area contributed by atoms with Crippen molar-refractivity contribution in [1.29, 1.82) is 0 Å². The Hall–Kier alpha value is -1.80. The summed E-state index contributed by atoms with van der Waals surface area (Å²) in [7, 11) is 1.71. The lowest BCUT2D eigenvalue weighted by Crippen LogP contribution is -2.24. The van der Waals surface area contributed by atoms with Gasteiger partial charge < -0.3 is 0 Å². The van der Waals surface area contributed by atoms with Crippen molar-refractivity contribution in [2.45, 2.75) is 6.42 Å². The maximum atomic E-state index is 5.39. The number of hydroxylamine groups is 1. The third kappa shape index (κ3) is 3.33. The molecule has 0 amide bonds. The molecule has 0 bridgehead atoms. The Kier molecular flexibility index (Phi) is 4.17. The monoisotopic (exact) mass is 227 g/mol. The molecule has 0 aliphatic heterocycles. The Morgan fingerprint density at radius 3 is 2.06 bits per heavy atom. The van der Waals surface area contributed by atoms with E-state index in [1.54, 1.807) is 7.11 Å². The Morgan fingerprint density at radius 1 is 0.882 bits per heavy atom. The topological polar surface area (TPSA) is 12.5 Å². The number of hydrogen-bond acceptors (Lipinski definition) is 2. The molecule has 88 valence electrons. The Labute approximate surface area is 102 Å². The molecule has 0 saturated heterocycles. The van der Waals surface area contributed by atoms with Gasteiger partial charge in [-0.2, -0.15) is 0 Å². The zero-order chi connectivity index (χ0) is 11.9. The Balaban J connectivity index is 1.97. The largest absolute Gasteiger partial charge is 0.277 e. The first-order chi connectivity index (χ1) is 8.40. The van der Waals surface area contributed by atoms with Crippen molar-refractivity contribution in [3.8, 4) is 0 Å². The number of para-hydroxylation sites is 1. The predicted molar refractivity (Wildman–Crippen MR) is 70.9 cm³/mol. The van der Waals surface area contributed by atoms with Gasteiger partial charge in [-0.3, -0.25) is 9.90 Å². The summed E-state index contributed by atoms with van der Waals surface area (Å²) in [5.74, 6) is 0. The second kappa shape index (κ2) is 6.06. The van der Waals surface area contributed by atoms with Gasteiger partial charge in [0.1, 0.15) is 0 Å². The molecule has 2 heteroatoms. The van der Waals surface area contributed by atoms with E-state index in [0.29, 0.717) is 0 Å². The molecule has 0 atom stereocenters. The lowest BCUT2D eigenvalue weighted by atomic mass is 10.1. The van der Waals surface area contributed by atoms with Crippen molar-refractivity contribution in [2.24, 2.45) is 0 Å². The van der Waals surface area contributed by atoms with Crippen LogP contribution in [0.5, 0.6) is 0 Å². The summed E-state index contributed by atoms with van der Waals surface area (Å²) >= 11 is 0. The van der Waals surface area contributed by atoms with Gasteiger partial charge in [-0.25, -0.2) is 0 Å². The van der Waals surface area contributed by atoms with Gasteiger partial charge in [0.2, 0.25) is 0 Å². The fourth-order valence-corrected chi connectivity index (χ4v) is 1.80. The smallest absolute Gasteiger partial charge is 0.0639 e. The second-order valence-corrected chi connectivity index (χ2v) is 3.86. The molecule has 0 spiro atoms. The molecular weight excluding hydrogens is 210 g/mol. The first-order valence-corrected chi connectivity index (χ1v) is 5.81. The van der Waals surface area contributed by atoms with Crippen LogP contribution < -0.4 is 5.06 Å². The number of nitrogens with zero attached hydrogens (tertiary/aromatic N) is 1. The van der Waals surface area contributed by atoms with E-state index in [1.807, 2.05) is 29.3 Å². The summed E-state index contributed by atoms with van der Waals surface area (Å²) in [5, 5.41) is 1.91. The summed E-state index contributed by atoms with van der Waals surface area (Å²) in [6.45, 7) is 0.852. The van der Waals surface area contributed by atoms with Crippen molar-refractivity contribution in [2.75, 3.05) is 18.7 Å². The number of anilines is 1. The van der Waals surface area contributed by atoms with Crippen LogP contribution in [0.4, 0.5) is 5.69 Å². The maximum Gasteiger partial charge on any atom is 0.0639 e. The zero-order valence-corrected chi connectivity index (χ0v) is 10.0. The third-order valence-corrected chi connectivity index (χ3v) is 2.71. The van der Waals surface area contributed by atoms with Crippen LogP contribution in [-0.4, -0.2) is 13.7 Å². The van der Waals surface area contributed by atoms with E-state index in [2.05, 4.69) is 36.4 Å². The summed E-state index contributed by atoms with van der Waals surface area (Å²) in [6.07, 6.45) is 0.976. The van der Waals surface area contributed by atoms with Crippen molar-refractivity contribution in [1.82, 2.24) is 0 Å². The number of hydrogen-bond donors (Lipinski definition) is 0. The average Bonchev–Trinajstić information content (AvgIpc) is 2.42. The molecule has 17 heavy (non-hydrogen) atoms. The average molecular weight is 227 g/mol. The van der Waals surface area contributed by atoms with Gasteiger partial charge in [0, 0.05) is 6.54 Å². The highest BCUT2D eigenvalue weighted by Crippen LogP contribution is 2.13. The maximum absolute atomic E-state index is 5.39.